The van der Waals surface area contributed by atoms with Gasteiger partial charge in [-0.15, -0.1) is 0 Å². The van der Waals surface area contributed by atoms with Gasteiger partial charge in [0.25, 0.3) is 0 Å². The van der Waals surface area contributed by atoms with Gasteiger partial charge in [0.2, 0.25) is 0 Å². The molecule has 0 aliphatic carbocycles. The highest BCUT2D eigenvalue weighted by atomic mass is 19.1. The van der Waals surface area contributed by atoms with Crippen LogP contribution in [0.1, 0.15) is 5.56 Å². The Morgan fingerprint density at radius 1 is 1.33 bits per heavy atom. The van der Waals surface area contributed by atoms with Crippen LogP contribution in [0.3, 0.4) is 0 Å². The van der Waals surface area contributed by atoms with Crippen LogP contribution in [0, 0.1) is 5.82 Å². The molecular formula is C12H16FN3O2. The van der Waals surface area contributed by atoms with Crippen LogP contribution < -0.4 is 11.1 Å². The minimum atomic E-state index is -0.690. The summed E-state index contributed by atoms with van der Waals surface area (Å²) in [5.41, 5.74) is 5.96. The van der Waals surface area contributed by atoms with Crippen LogP contribution in [0.25, 0.3) is 0 Å². The summed E-state index contributed by atoms with van der Waals surface area (Å²) in [5, 5.41) is 2.39. The molecule has 0 radical (unpaired) electrons. The van der Waals surface area contributed by atoms with Crippen LogP contribution in [0.4, 0.5) is 4.39 Å². The number of hydrogen-bond acceptors (Lipinski definition) is 3. The maximum absolute atomic E-state index is 12.7. The Bertz CT molecular complexity index is 420. The van der Waals surface area contributed by atoms with Gasteiger partial charge in [0, 0.05) is 26.7 Å². The fraction of sp³-hybridized carbons (Fsp3) is 0.333. The summed E-state index contributed by atoms with van der Waals surface area (Å²) in [6.45, 7) is 0.783. The lowest BCUT2D eigenvalue weighted by atomic mass is 10.2. The molecule has 2 amide bonds. The summed E-state index contributed by atoms with van der Waals surface area (Å²) in [6.07, 6.45) is 0. The van der Waals surface area contributed by atoms with Gasteiger partial charge in [0.05, 0.1) is 0 Å². The molecule has 0 heterocycles. The van der Waals surface area contributed by atoms with Crippen molar-refractivity contribution in [2.24, 2.45) is 5.73 Å². The molecule has 6 heteroatoms. The Morgan fingerprint density at radius 3 is 2.50 bits per heavy atom. The van der Waals surface area contributed by atoms with E-state index in [2.05, 4.69) is 5.32 Å². The number of amides is 2. The second-order valence-electron chi connectivity index (χ2n) is 3.83. The number of nitrogens with zero attached hydrogens (tertiary/aromatic N) is 1. The summed E-state index contributed by atoms with van der Waals surface area (Å²) in [4.78, 5) is 24.3. The van der Waals surface area contributed by atoms with Crippen molar-refractivity contribution in [2.45, 2.75) is 6.54 Å². The zero-order valence-electron chi connectivity index (χ0n) is 10.1. The number of carbonyl (C=O) groups is 2. The number of nitrogens with two attached hydrogens (primary N) is 1. The van der Waals surface area contributed by atoms with Crippen molar-refractivity contribution in [3.63, 3.8) is 0 Å². The first kappa shape index (κ1) is 14.1. The first-order valence-electron chi connectivity index (χ1n) is 5.52. The molecule has 0 aliphatic rings. The van der Waals surface area contributed by atoms with E-state index in [-0.39, 0.29) is 25.5 Å². The molecule has 0 bridgehead atoms. The maximum Gasteiger partial charge on any atom is 0.311 e. The normalized spacial score (nSPS) is 9.94. The minimum absolute atomic E-state index is 0.245. The molecule has 18 heavy (non-hydrogen) atoms. The minimum Gasteiger partial charge on any atom is -0.347 e. The lowest BCUT2D eigenvalue weighted by Gasteiger charge is -2.16. The van der Waals surface area contributed by atoms with Crippen molar-refractivity contribution >= 4 is 11.8 Å². The van der Waals surface area contributed by atoms with E-state index in [0.29, 0.717) is 0 Å². The molecule has 0 unspecified atom stereocenters. The van der Waals surface area contributed by atoms with Gasteiger partial charge < -0.3 is 16.0 Å². The average molecular weight is 253 g/mol. The Labute approximate surface area is 105 Å². The summed E-state index contributed by atoms with van der Waals surface area (Å²) >= 11 is 0. The van der Waals surface area contributed by atoms with Gasteiger partial charge in [-0.05, 0) is 17.7 Å². The highest BCUT2D eigenvalue weighted by Crippen LogP contribution is 2.05. The van der Waals surface area contributed by atoms with E-state index in [1.807, 2.05) is 0 Å². The molecule has 1 aromatic rings. The quantitative estimate of drug-likeness (QED) is 0.733. The SMILES string of the molecule is CN(Cc1ccc(F)cc1)C(=O)C(=O)NCCN. The Kier molecular flexibility index (Phi) is 5.26. The van der Waals surface area contributed by atoms with E-state index in [9.17, 15) is 14.0 Å². The van der Waals surface area contributed by atoms with Crippen LogP contribution in [-0.4, -0.2) is 36.9 Å². The molecule has 0 saturated carbocycles. The number of carbonyl (C=O) groups excluding carboxylic acids is 2. The monoisotopic (exact) mass is 253 g/mol. The summed E-state index contributed by atoms with van der Waals surface area (Å²) < 4.78 is 12.7. The van der Waals surface area contributed by atoms with Crippen LogP contribution in [0.15, 0.2) is 24.3 Å². The van der Waals surface area contributed by atoms with Crippen molar-refractivity contribution in [3.05, 3.63) is 35.6 Å². The Morgan fingerprint density at radius 2 is 1.94 bits per heavy atom. The number of hydrogen-bond donors (Lipinski definition) is 2. The summed E-state index contributed by atoms with van der Waals surface area (Å²) in [5.74, 6) is -1.67. The fourth-order valence-electron chi connectivity index (χ4n) is 1.37. The molecule has 0 saturated heterocycles. The standard InChI is InChI=1S/C12H16FN3O2/c1-16(12(18)11(17)15-7-6-14)8-9-2-4-10(13)5-3-9/h2-5H,6-8,14H2,1H3,(H,15,17). The molecule has 0 spiro atoms. The number of rotatable bonds is 4. The molecule has 0 atom stereocenters. The van der Waals surface area contributed by atoms with E-state index >= 15 is 0 Å². The molecule has 5 nitrogen and oxygen atoms in total. The van der Waals surface area contributed by atoms with Gasteiger partial charge in [-0.2, -0.15) is 0 Å². The van der Waals surface area contributed by atoms with Gasteiger partial charge in [-0.3, -0.25) is 9.59 Å². The zero-order chi connectivity index (χ0) is 13.5. The largest absolute Gasteiger partial charge is 0.347 e. The van der Waals surface area contributed by atoms with Crippen molar-refractivity contribution in [2.75, 3.05) is 20.1 Å². The second-order valence-corrected chi connectivity index (χ2v) is 3.83. The molecule has 1 rings (SSSR count). The lowest BCUT2D eigenvalue weighted by Crippen LogP contribution is -2.42. The third kappa shape index (κ3) is 4.14. The Hall–Kier alpha value is -1.95. The van der Waals surface area contributed by atoms with Crippen LogP contribution in [-0.2, 0) is 16.1 Å². The maximum atomic E-state index is 12.7. The van der Waals surface area contributed by atoms with Gasteiger partial charge >= 0.3 is 11.8 Å². The van der Waals surface area contributed by atoms with E-state index < -0.39 is 11.8 Å². The first-order chi connectivity index (χ1) is 8.54. The Balaban J connectivity index is 2.54. The molecular weight excluding hydrogens is 237 g/mol. The van der Waals surface area contributed by atoms with Gasteiger partial charge in [0.1, 0.15) is 5.82 Å². The zero-order valence-corrected chi connectivity index (χ0v) is 10.1. The van der Waals surface area contributed by atoms with Crippen molar-refractivity contribution in [1.29, 1.82) is 0 Å². The van der Waals surface area contributed by atoms with Crippen LogP contribution in [0.5, 0.6) is 0 Å². The van der Waals surface area contributed by atoms with E-state index in [4.69, 9.17) is 5.73 Å². The predicted molar refractivity (Wildman–Crippen MR) is 64.9 cm³/mol. The van der Waals surface area contributed by atoms with E-state index in [1.54, 1.807) is 12.1 Å². The number of benzene rings is 1. The molecule has 98 valence electrons. The van der Waals surface area contributed by atoms with Gasteiger partial charge in [0.15, 0.2) is 0 Å². The third-order valence-electron chi connectivity index (χ3n) is 2.30. The molecule has 3 N–H and O–H groups in total. The first-order valence-corrected chi connectivity index (χ1v) is 5.52. The highest BCUT2D eigenvalue weighted by Gasteiger charge is 2.17. The molecule has 0 aromatic heterocycles. The number of halogens is 1. The van der Waals surface area contributed by atoms with Crippen LogP contribution in [0.2, 0.25) is 0 Å². The highest BCUT2D eigenvalue weighted by molar-refractivity contribution is 6.34. The number of nitrogens with one attached hydrogen (secondary N) is 1. The lowest BCUT2D eigenvalue weighted by molar-refractivity contribution is -0.145. The third-order valence-corrected chi connectivity index (χ3v) is 2.30. The van der Waals surface area contributed by atoms with Crippen molar-refractivity contribution in [1.82, 2.24) is 10.2 Å². The topological polar surface area (TPSA) is 75.4 Å². The summed E-state index contributed by atoms with van der Waals surface area (Å²) in [6, 6.07) is 5.75. The van der Waals surface area contributed by atoms with Gasteiger partial charge in [-0.1, -0.05) is 12.1 Å². The van der Waals surface area contributed by atoms with Crippen molar-refractivity contribution in [3.8, 4) is 0 Å². The molecule has 1 aromatic carbocycles. The van der Waals surface area contributed by atoms with Gasteiger partial charge in [-0.25, -0.2) is 4.39 Å². The van der Waals surface area contributed by atoms with E-state index in [0.717, 1.165) is 5.56 Å². The molecule has 0 aliphatic heterocycles. The summed E-state index contributed by atoms with van der Waals surface area (Å²) in [7, 11) is 1.51. The van der Waals surface area contributed by atoms with E-state index in [1.165, 1.54) is 24.1 Å². The van der Waals surface area contributed by atoms with Crippen LogP contribution >= 0.6 is 0 Å². The number of likely N-dealkylation sites (N-methyl/N-ethyl adjacent to an activating group) is 1. The molecule has 0 fully saturated rings. The van der Waals surface area contributed by atoms with Crippen molar-refractivity contribution < 1.29 is 14.0 Å². The fourth-order valence-corrected chi connectivity index (χ4v) is 1.37. The second kappa shape index (κ2) is 6.70. The predicted octanol–water partition coefficient (Wildman–Crippen LogP) is -0.141. The average Bonchev–Trinajstić information content (AvgIpc) is 2.37. The smallest absolute Gasteiger partial charge is 0.311 e.